The van der Waals surface area contributed by atoms with Crippen LogP contribution in [0.1, 0.15) is 0 Å². The van der Waals surface area contributed by atoms with Crippen molar-refractivity contribution >= 4 is 40.7 Å². The van der Waals surface area contributed by atoms with Gasteiger partial charge in [-0.25, -0.2) is 11.0 Å². The fraction of sp³-hybridized carbons (Fsp3) is 0. The summed E-state index contributed by atoms with van der Waals surface area (Å²) in [5.41, 5.74) is 5.66. The maximum atomic E-state index is 11.4. The Morgan fingerprint density at radius 3 is 1.60 bits per heavy atom. The highest BCUT2D eigenvalue weighted by molar-refractivity contribution is 6.33. The average molecular weight is 313 g/mol. The number of carbonyl (C=O) groups is 1. The third-order valence-electron chi connectivity index (χ3n) is 2.24. The SMILES string of the molecule is O=C(ONc1ccccc1Cl)ONc1ccccc1Cl. The summed E-state index contributed by atoms with van der Waals surface area (Å²) in [4.78, 5) is 20.7. The first-order chi connectivity index (χ1) is 9.66. The molecule has 0 aliphatic heterocycles. The monoisotopic (exact) mass is 312 g/mol. The lowest BCUT2D eigenvalue weighted by molar-refractivity contribution is 0.0904. The van der Waals surface area contributed by atoms with Crippen LogP contribution in [0.2, 0.25) is 10.0 Å². The molecule has 0 saturated carbocycles. The third kappa shape index (κ3) is 3.94. The van der Waals surface area contributed by atoms with Crippen molar-refractivity contribution in [1.82, 2.24) is 0 Å². The molecule has 0 heterocycles. The number of benzene rings is 2. The zero-order valence-corrected chi connectivity index (χ0v) is 11.6. The van der Waals surface area contributed by atoms with E-state index in [1.807, 2.05) is 0 Å². The molecule has 0 bridgehead atoms. The Balaban J connectivity index is 1.82. The van der Waals surface area contributed by atoms with E-state index in [1.165, 1.54) is 0 Å². The maximum Gasteiger partial charge on any atom is 0.558 e. The summed E-state index contributed by atoms with van der Waals surface area (Å²) in [5, 5.41) is 0.832. The summed E-state index contributed by atoms with van der Waals surface area (Å²) < 4.78 is 0. The van der Waals surface area contributed by atoms with Crippen molar-refractivity contribution in [2.24, 2.45) is 0 Å². The van der Waals surface area contributed by atoms with E-state index in [0.29, 0.717) is 21.4 Å². The Hall–Kier alpha value is -2.11. The molecule has 0 saturated heterocycles. The van der Waals surface area contributed by atoms with Crippen LogP contribution < -0.4 is 11.0 Å². The zero-order chi connectivity index (χ0) is 14.4. The quantitative estimate of drug-likeness (QED) is 0.814. The van der Waals surface area contributed by atoms with Crippen LogP contribution in [0.3, 0.4) is 0 Å². The number of carbonyl (C=O) groups excluding carboxylic acids is 1. The molecule has 2 N–H and O–H groups in total. The van der Waals surface area contributed by atoms with E-state index in [-0.39, 0.29) is 0 Å². The van der Waals surface area contributed by atoms with Crippen LogP contribution in [-0.4, -0.2) is 6.16 Å². The molecule has 5 nitrogen and oxygen atoms in total. The number of nitrogens with one attached hydrogen (secondary N) is 2. The molecule has 2 aromatic carbocycles. The number of anilines is 2. The predicted octanol–water partition coefficient (Wildman–Crippen LogP) is 4.50. The summed E-state index contributed by atoms with van der Waals surface area (Å²) >= 11 is 11.7. The Bertz CT molecular complexity index is 556. The molecule has 7 heteroatoms. The van der Waals surface area contributed by atoms with Gasteiger partial charge in [0.25, 0.3) is 0 Å². The fourth-order valence-corrected chi connectivity index (χ4v) is 1.65. The van der Waals surface area contributed by atoms with Crippen molar-refractivity contribution in [3.05, 3.63) is 58.6 Å². The van der Waals surface area contributed by atoms with Crippen molar-refractivity contribution in [3.63, 3.8) is 0 Å². The normalized spacial score (nSPS) is 9.70. The van der Waals surface area contributed by atoms with Gasteiger partial charge >= 0.3 is 6.16 Å². The smallest absolute Gasteiger partial charge is 0.307 e. The van der Waals surface area contributed by atoms with Crippen LogP contribution in [0, 0.1) is 0 Å². The van der Waals surface area contributed by atoms with Crippen molar-refractivity contribution in [1.29, 1.82) is 0 Å². The first-order valence-electron chi connectivity index (χ1n) is 5.55. The molecule has 2 aromatic rings. The van der Waals surface area contributed by atoms with Crippen molar-refractivity contribution < 1.29 is 14.5 Å². The Morgan fingerprint density at radius 2 is 1.20 bits per heavy atom. The number of hydrogen-bond acceptors (Lipinski definition) is 5. The van der Waals surface area contributed by atoms with Gasteiger partial charge in [-0.1, -0.05) is 47.5 Å². The van der Waals surface area contributed by atoms with E-state index in [2.05, 4.69) is 20.6 Å². The molecular formula is C13H10Cl2N2O3. The van der Waals surface area contributed by atoms with E-state index in [4.69, 9.17) is 23.2 Å². The highest BCUT2D eigenvalue weighted by atomic mass is 35.5. The summed E-state index contributed by atoms with van der Waals surface area (Å²) in [6, 6.07) is 13.6. The van der Waals surface area contributed by atoms with Gasteiger partial charge in [0.05, 0.1) is 21.4 Å². The molecule has 0 aliphatic rings. The third-order valence-corrected chi connectivity index (χ3v) is 2.90. The molecule has 0 amide bonds. The van der Waals surface area contributed by atoms with E-state index < -0.39 is 6.16 Å². The molecular weight excluding hydrogens is 303 g/mol. The Labute approximate surface area is 125 Å². The summed E-state index contributed by atoms with van der Waals surface area (Å²) in [7, 11) is 0. The van der Waals surface area contributed by atoms with Gasteiger partial charge in [0, 0.05) is 0 Å². The minimum atomic E-state index is -0.982. The van der Waals surface area contributed by atoms with Crippen LogP contribution in [0.25, 0.3) is 0 Å². The highest BCUT2D eigenvalue weighted by Crippen LogP contribution is 2.21. The zero-order valence-electron chi connectivity index (χ0n) is 10.1. The van der Waals surface area contributed by atoms with Gasteiger partial charge in [0.15, 0.2) is 0 Å². The molecule has 0 unspecified atom stereocenters. The van der Waals surface area contributed by atoms with Crippen LogP contribution >= 0.6 is 23.2 Å². The highest BCUT2D eigenvalue weighted by Gasteiger charge is 2.07. The average Bonchev–Trinajstić information content (AvgIpc) is 2.45. The second kappa shape index (κ2) is 6.88. The first-order valence-corrected chi connectivity index (χ1v) is 6.31. The minimum Gasteiger partial charge on any atom is -0.307 e. The van der Waals surface area contributed by atoms with Crippen molar-refractivity contribution in [2.75, 3.05) is 11.0 Å². The molecule has 0 atom stereocenters. The van der Waals surface area contributed by atoms with E-state index in [1.54, 1.807) is 48.5 Å². The molecule has 0 fully saturated rings. The lowest BCUT2D eigenvalue weighted by Crippen LogP contribution is -2.16. The van der Waals surface area contributed by atoms with Gasteiger partial charge in [-0.2, -0.15) is 4.79 Å². The molecule has 104 valence electrons. The maximum absolute atomic E-state index is 11.4. The Kier molecular flexibility index (Phi) is 4.92. The first kappa shape index (κ1) is 14.3. The van der Waals surface area contributed by atoms with Gasteiger partial charge in [-0.05, 0) is 24.3 Å². The van der Waals surface area contributed by atoms with Gasteiger partial charge < -0.3 is 9.68 Å². The van der Waals surface area contributed by atoms with E-state index >= 15 is 0 Å². The predicted molar refractivity (Wildman–Crippen MR) is 77.7 cm³/mol. The van der Waals surface area contributed by atoms with Crippen LogP contribution in [0.4, 0.5) is 16.2 Å². The Morgan fingerprint density at radius 1 is 0.800 bits per heavy atom. The summed E-state index contributed by atoms with van der Waals surface area (Å²) in [6.07, 6.45) is -0.982. The van der Waals surface area contributed by atoms with Crippen molar-refractivity contribution in [2.45, 2.75) is 0 Å². The minimum absolute atomic E-state index is 0.416. The van der Waals surface area contributed by atoms with Crippen LogP contribution in [0.15, 0.2) is 48.5 Å². The fourth-order valence-electron chi connectivity index (χ4n) is 1.30. The second-order valence-corrected chi connectivity index (χ2v) is 4.43. The number of rotatable bonds is 4. The standard InChI is InChI=1S/C13H10Cl2N2O3/c14-9-5-1-3-7-11(9)16-19-13(18)20-17-12-8-4-2-6-10(12)15/h1-8,16-17H. The number of halogens is 2. The van der Waals surface area contributed by atoms with Gasteiger partial charge in [0.1, 0.15) is 0 Å². The van der Waals surface area contributed by atoms with Gasteiger partial charge in [0.2, 0.25) is 0 Å². The molecule has 2 rings (SSSR count). The molecule has 0 aliphatic carbocycles. The number of hydrogen-bond donors (Lipinski definition) is 2. The largest absolute Gasteiger partial charge is 0.558 e. The molecule has 0 aromatic heterocycles. The summed E-state index contributed by atoms with van der Waals surface area (Å²) in [6.45, 7) is 0. The second-order valence-electron chi connectivity index (χ2n) is 3.62. The molecule has 20 heavy (non-hydrogen) atoms. The van der Waals surface area contributed by atoms with Crippen LogP contribution in [-0.2, 0) is 9.68 Å². The lowest BCUT2D eigenvalue weighted by Gasteiger charge is -2.09. The summed E-state index contributed by atoms with van der Waals surface area (Å²) in [5.74, 6) is 0. The van der Waals surface area contributed by atoms with E-state index in [0.717, 1.165) is 0 Å². The van der Waals surface area contributed by atoms with Gasteiger partial charge in [-0.3, -0.25) is 0 Å². The van der Waals surface area contributed by atoms with E-state index in [9.17, 15) is 4.79 Å². The van der Waals surface area contributed by atoms with Crippen molar-refractivity contribution in [3.8, 4) is 0 Å². The van der Waals surface area contributed by atoms with Crippen LogP contribution in [0.5, 0.6) is 0 Å². The molecule has 0 radical (unpaired) electrons. The molecule has 0 spiro atoms. The number of para-hydroxylation sites is 2. The van der Waals surface area contributed by atoms with Gasteiger partial charge in [-0.15, -0.1) is 0 Å². The lowest BCUT2D eigenvalue weighted by atomic mass is 10.3. The topological polar surface area (TPSA) is 59.6 Å².